The van der Waals surface area contributed by atoms with Gasteiger partial charge in [-0.05, 0) is 49.2 Å². The molecule has 0 fully saturated rings. The fraction of sp³-hybridized carbons (Fsp3) is 0.158. The van der Waals surface area contributed by atoms with Crippen LogP contribution in [0.2, 0.25) is 5.02 Å². The van der Waals surface area contributed by atoms with Crippen LogP contribution in [0.15, 0.2) is 41.8 Å². The summed E-state index contributed by atoms with van der Waals surface area (Å²) in [6.45, 7) is 3.91. The van der Waals surface area contributed by atoms with E-state index >= 15 is 0 Å². The standard InChI is InChI=1S/C19H18ClN3O2S/c1-11-4-7-17(25-3)15(8-11)22-19-23-16(10-26-19)18(24)21-14-9-13(20)6-5-12(14)2/h4-10H,1-3H3,(H,21,24)(H,22,23). The zero-order valence-corrected chi connectivity index (χ0v) is 16.2. The van der Waals surface area contributed by atoms with Gasteiger partial charge in [0, 0.05) is 16.1 Å². The van der Waals surface area contributed by atoms with Crippen LogP contribution >= 0.6 is 22.9 Å². The van der Waals surface area contributed by atoms with E-state index in [1.165, 1.54) is 11.3 Å². The van der Waals surface area contributed by atoms with Gasteiger partial charge in [-0.2, -0.15) is 0 Å². The van der Waals surface area contributed by atoms with Crippen LogP contribution in [0.5, 0.6) is 5.75 Å². The molecule has 0 unspecified atom stereocenters. The van der Waals surface area contributed by atoms with Crippen molar-refractivity contribution in [3.05, 3.63) is 63.6 Å². The molecule has 0 atom stereocenters. The van der Waals surface area contributed by atoms with Gasteiger partial charge in [-0.15, -0.1) is 11.3 Å². The number of carbonyl (C=O) groups excluding carboxylic acids is 1. The zero-order valence-electron chi connectivity index (χ0n) is 14.6. The van der Waals surface area contributed by atoms with Crippen molar-refractivity contribution in [3.63, 3.8) is 0 Å². The molecule has 0 aliphatic heterocycles. The number of aryl methyl sites for hydroxylation is 2. The lowest BCUT2D eigenvalue weighted by atomic mass is 10.2. The Morgan fingerprint density at radius 1 is 1.15 bits per heavy atom. The third-order valence-corrected chi connectivity index (χ3v) is 4.77. The summed E-state index contributed by atoms with van der Waals surface area (Å²) in [5, 5.41) is 8.94. The Labute approximate surface area is 161 Å². The molecule has 0 bridgehead atoms. The summed E-state index contributed by atoms with van der Waals surface area (Å²) in [5.74, 6) is 0.433. The highest BCUT2D eigenvalue weighted by Crippen LogP contribution is 2.30. The Morgan fingerprint density at radius 2 is 1.96 bits per heavy atom. The number of aromatic nitrogens is 1. The van der Waals surface area contributed by atoms with Gasteiger partial charge >= 0.3 is 0 Å². The maximum Gasteiger partial charge on any atom is 0.275 e. The van der Waals surface area contributed by atoms with E-state index in [9.17, 15) is 4.79 Å². The Morgan fingerprint density at radius 3 is 2.73 bits per heavy atom. The van der Waals surface area contributed by atoms with Crippen LogP contribution in [-0.2, 0) is 0 Å². The molecular weight excluding hydrogens is 370 g/mol. The van der Waals surface area contributed by atoms with Gasteiger partial charge < -0.3 is 15.4 Å². The number of hydrogen-bond acceptors (Lipinski definition) is 5. The normalized spacial score (nSPS) is 10.5. The van der Waals surface area contributed by atoms with Gasteiger partial charge in [0.15, 0.2) is 5.13 Å². The predicted molar refractivity (Wildman–Crippen MR) is 107 cm³/mol. The average molecular weight is 388 g/mol. The van der Waals surface area contributed by atoms with Crippen LogP contribution in [0.4, 0.5) is 16.5 Å². The van der Waals surface area contributed by atoms with Crippen LogP contribution in [0.3, 0.4) is 0 Å². The number of halogens is 1. The molecule has 2 N–H and O–H groups in total. The van der Waals surface area contributed by atoms with E-state index in [2.05, 4.69) is 15.6 Å². The fourth-order valence-corrected chi connectivity index (χ4v) is 3.26. The second kappa shape index (κ2) is 7.76. The molecule has 134 valence electrons. The van der Waals surface area contributed by atoms with Gasteiger partial charge in [-0.25, -0.2) is 4.98 Å². The van der Waals surface area contributed by atoms with Gasteiger partial charge in [0.25, 0.3) is 5.91 Å². The Kier molecular flexibility index (Phi) is 5.44. The SMILES string of the molecule is COc1ccc(C)cc1Nc1nc(C(=O)Nc2cc(Cl)ccc2C)cs1. The number of nitrogens with one attached hydrogen (secondary N) is 2. The molecule has 1 aromatic heterocycles. The van der Waals surface area contributed by atoms with Crippen LogP contribution in [-0.4, -0.2) is 18.0 Å². The molecule has 0 aliphatic carbocycles. The molecule has 1 amide bonds. The number of nitrogens with zero attached hydrogens (tertiary/aromatic N) is 1. The summed E-state index contributed by atoms with van der Waals surface area (Å²) in [6.07, 6.45) is 0. The third-order valence-electron chi connectivity index (χ3n) is 3.78. The maximum atomic E-state index is 12.5. The summed E-state index contributed by atoms with van der Waals surface area (Å²) in [6, 6.07) is 11.2. The monoisotopic (exact) mass is 387 g/mol. The molecule has 1 heterocycles. The summed E-state index contributed by atoms with van der Waals surface area (Å²) < 4.78 is 5.35. The first-order chi connectivity index (χ1) is 12.5. The van der Waals surface area contributed by atoms with Crippen molar-refractivity contribution in [1.29, 1.82) is 0 Å². The molecule has 5 nitrogen and oxygen atoms in total. The summed E-state index contributed by atoms with van der Waals surface area (Å²) in [7, 11) is 1.61. The summed E-state index contributed by atoms with van der Waals surface area (Å²) >= 11 is 7.35. The first-order valence-electron chi connectivity index (χ1n) is 7.91. The second-order valence-electron chi connectivity index (χ2n) is 5.78. The van der Waals surface area contributed by atoms with Crippen molar-refractivity contribution < 1.29 is 9.53 Å². The Hall–Kier alpha value is -2.57. The Balaban J connectivity index is 1.76. The molecule has 0 aliphatic rings. The number of carbonyl (C=O) groups is 1. The lowest BCUT2D eigenvalue weighted by molar-refractivity contribution is 0.102. The van der Waals surface area contributed by atoms with Gasteiger partial charge in [-0.3, -0.25) is 4.79 Å². The largest absolute Gasteiger partial charge is 0.495 e. The molecule has 3 aromatic rings. The second-order valence-corrected chi connectivity index (χ2v) is 7.07. The van der Waals surface area contributed by atoms with Crippen LogP contribution in [0.1, 0.15) is 21.6 Å². The topological polar surface area (TPSA) is 63.2 Å². The molecular formula is C19H18ClN3O2S. The van der Waals surface area contributed by atoms with E-state index in [-0.39, 0.29) is 5.91 Å². The number of methoxy groups -OCH3 is 1. The van der Waals surface area contributed by atoms with Gasteiger partial charge in [-0.1, -0.05) is 23.7 Å². The first-order valence-corrected chi connectivity index (χ1v) is 9.16. The zero-order chi connectivity index (χ0) is 18.7. The Bertz CT molecular complexity index is 956. The molecule has 0 saturated carbocycles. The minimum absolute atomic E-state index is 0.282. The van der Waals surface area contributed by atoms with Gasteiger partial charge in [0.05, 0.1) is 12.8 Å². The van der Waals surface area contributed by atoms with Crippen molar-refractivity contribution in [3.8, 4) is 5.75 Å². The minimum atomic E-state index is -0.282. The summed E-state index contributed by atoms with van der Waals surface area (Å²) in [5.41, 5.74) is 3.84. The lowest BCUT2D eigenvalue weighted by Gasteiger charge is -2.10. The van der Waals surface area contributed by atoms with Gasteiger partial charge in [0.2, 0.25) is 0 Å². The highest BCUT2D eigenvalue weighted by molar-refractivity contribution is 7.14. The molecule has 0 spiro atoms. The van der Waals surface area contributed by atoms with Crippen molar-refractivity contribution in [2.75, 3.05) is 17.7 Å². The first kappa shape index (κ1) is 18.2. The number of hydrogen-bond donors (Lipinski definition) is 2. The number of thiazole rings is 1. The highest BCUT2D eigenvalue weighted by atomic mass is 35.5. The smallest absolute Gasteiger partial charge is 0.275 e. The lowest BCUT2D eigenvalue weighted by Crippen LogP contribution is -2.13. The minimum Gasteiger partial charge on any atom is -0.495 e. The van der Waals surface area contributed by atoms with E-state index in [4.69, 9.17) is 16.3 Å². The predicted octanol–water partition coefficient (Wildman–Crippen LogP) is 5.42. The molecule has 7 heteroatoms. The summed E-state index contributed by atoms with van der Waals surface area (Å²) in [4.78, 5) is 16.8. The molecule has 2 aromatic carbocycles. The number of ether oxygens (including phenoxy) is 1. The van der Waals surface area contributed by atoms with E-state index in [1.807, 2.05) is 38.1 Å². The molecule has 26 heavy (non-hydrogen) atoms. The number of benzene rings is 2. The highest BCUT2D eigenvalue weighted by Gasteiger charge is 2.13. The van der Waals surface area contributed by atoms with Crippen molar-refractivity contribution in [2.45, 2.75) is 13.8 Å². The fourth-order valence-electron chi connectivity index (χ4n) is 2.39. The maximum absolute atomic E-state index is 12.5. The van der Waals surface area contributed by atoms with E-state index < -0.39 is 0 Å². The molecule has 3 rings (SSSR count). The number of amides is 1. The van der Waals surface area contributed by atoms with Crippen LogP contribution in [0.25, 0.3) is 0 Å². The van der Waals surface area contributed by atoms with Crippen molar-refractivity contribution in [1.82, 2.24) is 4.98 Å². The van der Waals surface area contributed by atoms with Crippen LogP contribution < -0.4 is 15.4 Å². The molecule has 0 saturated heterocycles. The van der Waals surface area contributed by atoms with Crippen molar-refractivity contribution >= 4 is 45.4 Å². The van der Waals surface area contributed by atoms with E-state index in [0.29, 0.717) is 27.3 Å². The average Bonchev–Trinajstić information content (AvgIpc) is 3.07. The number of rotatable bonds is 5. The third kappa shape index (κ3) is 4.15. The quantitative estimate of drug-likeness (QED) is 0.613. The van der Waals surface area contributed by atoms with Gasteiger partial charge in [0.1, 0.15) is 11.4 Å². The van der Waals surface area contributed by atoms with Crippen molar-refractivity contribution in [2.24, 2.45) is 0 Å². The van der Waals surface area contributed by atoms with E-state index in [0.717, 1.165) is 16.8 Å². The molecule has 0 radical (unpaired) electrons. The number of anilines is 3. The van der Waals surface area contributed by atoms with Crippen LogP contribution in [0, 0.1) is 13.8 Å². The van der Waals surface area contributed by atoms with E-state index in [1.54, 1.807) is 24.6 Å².